The quantitative estimate of drug-likeness (QED) is 0.796. The Labute approximate surface area is 157 Å². The molecule has 1 saturated heterocycles. The lowest BCUT2D eigenvalue weighted by atomic mass is 9.73. The summed E-state index contributed by atoms with van der Waals surface area (Å²) >= 11 is 1.60. The van der Waals surface area contributed by atoms with Gasteiger partial charge in [0.15, 0.2) is 11.0 Å². The van der Waals surface area contributed by atoms with Crippen LogP contribution in [0.15, 0.2) is 40.5 Å². The SMILES string of the molecule is COc1ccc(C2C3=C(CC(C)(C)CC3=O)N=C3SCCC(=O)N32)cc1. The molecule has 0 radical (unpaired) electrons. The lowest BCUT2D eigenvalue weighted by molar-refractivity contribution is -0.128. The van der Waals surface area contributed by atoms with Crippen molar-refractivity contribution in [2.45, 2.75) is 39.2 Å². The van der Waals surface area contributed by atoms with Gasteiger partial charge < -0.3 is 4.74 Å². The lowest BCUT2D eigenvalue weighted by Gasteiger charge is -2.43. The van der Waals surface area contributed by atoms with Crippen molar-refractivity contribution in [3.63, 3.8) is 0 Å². The van der Waals surface area contributed by atoms with Crippen LogP contribution >= 0.6 is 11.8 Å². The second-order valence-electron chi connectivity index (χ2n) is 7.73. The molecule has 136 valence electrons. The van der Waals surface area contributed by atoms with E-state index in [0.29, 0.717) is 18.4 Å². The maximum Gasteiger partial charge on any atom is 0.230 e. The summed E-state index contributed by atoms with van der Waals surface area (Å²) in [5.74, 6) is 1.63. The number of rotatable bonds is 2. The van der Waals surface area contributed by atoms with E-state index in [1.807, 2.05) is 24.3 Å². The fraction of sp³-hybridized carbons (Fsp3) is 0.450. The highest BCUT2D eigenvalue weighted by Crippen LogP contribution is 2.47. The van der Waals surface area contributed by atoms with Crippen molar-refractivity contribution in [2.24, 2.45) is 10.4 Å². The number of methoxy groups -OCH3 is 1. The Bertz CT molecular complexity index is 839. The number of carbonyl (C=O) groups is 2. The molecule has 1 aromatic carbocycles. The fourth-order valence-corrected chi connectivity index (χ4v) is 4.91. The molecule has 1 aliphatic carbocycles. The average Bonchev–Trinajstić information content (AvgIpc) is 2.59. The van der Waals surface area contributed by atoms with E-state index in [0.717, 1.165) is 34.4 Å². The van der Waals surface area contributed by atoms with Crippen molar-refractivity contribution < 1.29 is 14.3 Å². The minimum atomic E-state index is -0.382. The zero-order valence-electron chi connectivity index (χ0n) is 15.2. The van der Waals surface area contributed by atoms with Crippen LogP contribution in [0.1, 0.15) is 44.7 Å². The standard InChI is InChI=1S/C20H22N2O3S/c1-20(2)10-14-17(15(23)11-20)18(12-4-6-13(25-3)7-5-12)22-16(24)8-9-26-19(22)21-14/h4-7,18H,8-11H2,1-3H3. The third-order valence-electron chi connectivity index (χ3n) is 5.11. The average molecular weight is 370 g/mol. The van der Waals surface area contributed by atoms with Gasteiger partial charge in [-0.15, -0.1) is 0 Å². The molecule has 0 aromatic heterocycles. The first-order chi connectivity index (χ1) is 12.4. The van der Waals surface area contributed by atoms with Crippen molar-refractivity contribution in [1.82, 2.24) is 4.90 Å². The van der Waals surface area contributed by atoms with Crippen LogP contribution in [0.2, 0.25) is 0 Å². The maximum atomic E-state index is 13.0. The Morgan fingerprint density at radius 2 is 1.92 bits per heavy atom. The van der Waals surface area contributed by atoms with Gasteiger partial charge in [0.1, 0.15) is 5.75 Å². The van der Waals surface area contributed by atoms with Gasteiger partial charge in [0, 0.05) is 24.2 Å². The van der Waals surface area contributed by atoms with Crippen LogP contribution in [0.25, 0.3) is 0 Å². The van der Waals surface area contributed by atoms with Gasteiger partial charge in [0.05, 0.1) is 18.8 Å². The number of Topliss-reactive ketones (excluding diaryl/α,β-unsaturated/α-hetero) is 1. The number of carbonyl (C=O) groups excluding carboxylic acids is 2. The van der Waals surface area contributed by atoms with E-state index < -0.39 is 0 Å². The summed E-state index contributed by atoms with van der Waals surface area (Å²) in [6, 6.07) is 7.25. The van der Waals surface area contributed by atoms with E-state index in [2.05, 4.69) is 13.8 Å². The minimum Gasteiger partial charge on any atom is -0.497 e. The number of amides is 1. The number of allylic oxidation sites excluding steroid dienone is 1. The summed E-state index contributed by atoms with van der Waals surface area (Å²) in [5, 5.41) is 0.728. The molecule has 5 nitrogen and oxygen atoms in total. The molecule has 2 heterocycles. The van der Waals surface area contributed by atoms with Crippen LogP contribution in [0.5, 0.6) is 5.75 Å². The summed E-state index contributed by atoms with van der Waals surface area (Å²) in [5.41, 5.74) is 2.36. The van der Waals surface area contributed by atoms with Crippen LogP contribution in [-0.4, -0.2) is 34.6 Å². The van der Waals surface area contributed by atoms with Crippen LogP contribution in [0.4, 0.5) is 0 Å². The first-order valence-electron chi connectivity index (χ1n) is 8.83. The number of ketones is 1. The van der Waals surface area contributed by atoms with Crippen LogP contribution in [0.3, 0.4) is 0 Å². The second kappa shape index (κ2) is 6.27. The number of hydrogen-bond donors (Lipinski definition) is 0. The second-order valence-corrected chi connectivity index (χ2v) is 8.80. The van der Waals surface area contributed by atoms with Crippen LogP contribution in [-0.2, 0) is 9.59 Å². The third-order valence-corrected chi connectivity index (χ3v) is 6.07. The van der Waals surface area contributed by atoms with Gasteiger partial charge in [-0.3, -0.25) is 14.5 Å². The molecule has 6 heteroatoms. The molecule has 2 aliphatic heterocycles. The maximum absolute atomic E-state index is 13.0. The number of thioether (sulfide) groups is 1. The van der Waals surface area contributed by atoms with E-state index in [9.17, 15) is 9.59 Å². The van der Waals surface area contributed by atoms with Gasteiger partial charge >= 0.3 is 0 Å². The first kappa shape index (κ1) is 17.3. The van der Waals surface area contributed by atoms with Crippen molar-refractivity contribution in [2.75, 3.05) is 12.9 Å². The molecule has 4 rings (SSSR count). The zero-order chi connectivity index (χ0) is 18.5. The molecule has 0 saturated carbocycles. The Balaban J connectivity index is 1.87. The highest BCUT2D eigenvalue weighted by atomic mass is 32.2. The topological polar surface area (TPSA) is 59.0 Å². The first-order valence-corrected chi connectivity index (χ1v) is 9.82. The number of ether oxygens (including phenoxy) is 1. The molecule has 26 heavy (non-hydrogen) atoms. The largest absolute Gasteiger partial charge is 0.497 e. The zero-order valence-corrected chi connectivity index (χ0v) is 16.1. The molecule has 3 aliphatic rings. The summed E-state index contributed by atoms with van der Waals surface area (Å²) < 4.78 is 5.25. The smallest absolute Gasteiger partial charge is 0.230 e. The monoisotopic (exact) mass is 370 g/mol. The predicted molar refractivity (Wildman–Crippen MR) is 102 cm³/mol. The molecule has 0 bridgehead atoms. The fourth-order valence-electron chi connectivity index (χ4n) is 3.93. The van der Waals surface area contributed by atoms with Crippen molar-refractivity contribution in [3.05, 3.63) is 41.1 Å². The highest BCUT2D eigenvalue weighted by Gasteiger charge is 2.45. The molecule has 1 amide bonds. The molecule has 0 spiro atoms. The normalized spacial score (nSPS) is 24.8. The number of fused-ring (bicyclic) bond motifs is 1. The van der Waals surface area contributed by atoms with E-state index in [-0.39, 0.29) is 23.1 Å². The predicted octanol–water partition coefficient (Wildman–Crippen LogP) is 3.71. The highest BCUT2D eigenvalue weighted by molar-refractivity contribution is 8.14. The molecular formula is C20H22N2O3S. The summed E-state index contributed by atoms with van der Waals surface area (Å²) in [6.45, 7) is 4.20. The summed E-state index contributed by atoms with van der Waals surface area (Å²) in [6.07, 6.45) is 1.71. The minimum absolute atomic E-state index is 0.0347. The summed E-state index contributed by atoms with van der Waals surface area (Å²) in [7, 11) is 1.62. The van der Waals surface area contributed by atoms with Gasteiger partial charge in [-0.2, -0.15) is 0 Å². The van der Waals surface area contributed by atoms with Crippen LogP contribution < -0.4 is 4.74 Å². The van der Waals surface area contributed by atoms with Crippen molar-refractivity contribution in [1.29, 1.82) is 0 Å². The van der Waals surface area contributed by atoms with Crippen molar-refractivity contribution >= 4 is 28.6 Å². The molecule has 1 unspecified atom stereocenters. The van der Waals surface area contributed by atoms with Crippen LogP contribution in [0, 0.1) is 5.41 Å². The molecular weight excluding hydrogens is 348 g/mol. The molecule has 1 atom stereocenters. The van der Waals surface area contributed by atoms with Gasteiger partial charge in [-0.1, -0.05) is 37.7 Å². The van der Waals surface area contributed by atoms with Gasteiger partial charge in [0.2, 0.25) is 5.91 Å². The lowest BCUT2D eigenvalue weighted by Crippen LogP contribution is -2.47. The molecule has 1 aromatic rings. The van der Waals surface area contributed by atoms with E-state index in [4.69, 9.17) is 9.73 Å². The Morgan fingerprint density at radius 3 is 2.62 bits per heavy atom. The summed E-state index contributed by atoms with van der Waals surface area (Å²) in [4.78, 5) is 32.2. The van der Waals surface area contributed by atoms with Gasteiger partial charge in [-0.05, 0) is 29.5 Å². The van der Waals surface area contributed by atoms with Gasteiger partial charge in [0.25, 0.3) is 0 Å². The Morgan fingerprint density at radius 1 is 1.19 bits per heavy atom. The van der Waals surface area contributed by atoms with Crippen molar-refractivity contribution in [3.8, 4) is 5.75 Å². The van der Waals surface area contributed by atoms with E-state index in [1.165, 1.54) is 0 Å². The van der Waals surface area contributed by atoms with E-state index in [1.54, 1.807) is 23.8 Å². The number of nitrogens with zero attached hydrogens (tertiary/aromatic N) is 2. The number of hydrogen-bond acceptors (Lipinski definition) is 5. The number of amidine groups is 1. The molecule has 0 N–H and O–H groups in total. The molecule has 1 fully saturated rings. The van der Waals surface area contributed by atoms with E-state index >= 15 is 0 Å². The third kappa shape index (κ3) is 2.86. The van der Waals surface area contributed by atoms with Gasteiger partial charge in [-0.25, -0.2) is 4.99 Å². The Hall–Kier alpha value is -2.08. The number of aliphatic imine (C=N–C) groups is 1. The number of benzene rings is 1. The Kier molecular flexibility index (Phi) is 4.18.